The van der Waals surface area contributed by atoms with Crippen LogP contribution >= 0.6 is 0 Å². The summed E-state index contributed by atoms with van der Waals surface area (Å²) in [6, 6.07) is 1.84. The highest BCUT2D eigenvalue weighted by Gasteiger charge is 2.15. The van der Waals surface area contributed by atoms with Gasteiger partial charge in [0.1, 0.15) is 5.82 Å². The molecule has 0 fully saturated rings. The van der Waals surface area contributed by atoms with E-state index in [9.17, 15) is 10.1 Å². The molecule has 1 aromatic rings. The number of hydrogen-bond acceptors (Lipinski definition) is 4. The molecule has 0 saturated carbocycles. The maximum atomic E-state index is 10.8. The van der Waals surface area contributed by atoms with Crippen LogP contribution in [0.1, 0.15) is 24.8 Å². The van der Waals surface area contributed by atoms with Crippen molar-refractivity contribution < 1.29 is 4.92 Å². The molecule has 90 valence electrons. The van der Waals surface area contributed by atoms with Crippen molar-refractivity contribution in [1.82, 2.24) is 4.98 Å². The molecule has 1 aliphatic carbocycles. The lowest BCUT2D eigenvalue weighted by Gasteiger charge is -2.19. The predicted molar refractivity (Wildman–Crippen MR) is 66.0 cm³/mol. The lowest BCUT2D eigenvalue weighted by atomic mass is 10.0. The Morgan fingerprint density at radius 3 is 3.00 bits per heavy atom. The van der Waals surface area contributed by atoms with E-state index in [4.69, 9.17) is 0 Å². The molecule has 2 rings (SSSR count). The normalized spacial score (nSPS) is 19.0. The highest BCUT2D eigenvalue weighted by molar-refractivity contribution is 5.49. The minimum atomic E-state index is -0.372. The maximum Gasteiger partial charge on any atom is 0.277 e. The van der Waals surface area contributed by atoms with Crippen molar-refractivity contribution >= 4 is 11.5 Å². The molecule has 1 atom stereocenters. The summed E-state index contributed by atoms with van der Waals surface area (Å²) in [6.45, 7) is 1.69. The van der Waals surface area contributed by atoms with Gasteiger partial charge in [-0.15, -0.1) is 0 Å². The van der Waals surface area contributed by atoms with Crippen LogP contribution in [0.2, 0.25) is 0 Å². The first-order valence-electron chi connectivity index (χ1n) is 5.69. The van der Waals surface area contributed by atoms with E-state index in [1.54, 1.807) is 13.1 Å². The number of allylic oxidation sites excluding steroid dienone is 1. The average molecular weight is 233 g/mol. The molecule has 0 bridgehead atoms. The van der Waals surface area contributed by atoms with E-state index in [-0.39, 0.29) is 10.6 Å². The number of anilines is 1. The van der Waals surface area contributed by atoms with Crippen molar-refractivity contribution in [3.8, 4) is 0 Å². The molecule has 1 N–H and O–H groups in total. The van der Waals surface area contributed by atoms with E-state index >= 15 is 0 Å². The van der Waals surface area contributed by atoms with E-state index in [0.717, 1.165) is 19.3 Å². The number of pyridine rings is 1. The van der Waals surface area contributed by atoms with E-state index in [1.807, 2.05) is 0 Å². The van der Waals surface area contributed by atoms with E-state index in [1.165, 1.54) is 6.07 Å². The van der Waals surface area contributed by atoms with Crippen LogP contribution in [0, 0.1) is 17.0 Å². The molecular weight excluding hydrogens is 218 g/mol. The zero-order valence-corrected chi connectivity index (χ0v) is 9.72. The van der Waals surface area contributed by atoms with Crippen LogP contribution in [-0.2, 0) is 0 Å². The van der Waals surface area contributed by atoms with Crippen molar-refractivity contribution in [2.45, 2.75) is 32.2 Å². The minimum Gasteiger partial charge on any atom is -0.367 e. The van der Waals surface area contributed by atoms with Crippen LogP contribution in [0.4, 0.5) is 11.5 Å². The molecule has 0 spiro atoms. The molecule has 0 amide bonds. The molecule has 0 aliphatic heterocycles. The third-order valence-electron chi connectivity index (χ3n) is 2.89. The number of aromatic nitrogens is 1. The monoisotopic (exact) mass is 233 g/mol. The van der Waals surface area contributed by atoms with Gasteiger partial charge in [-0.25, -0.2) is 4.98 Å². The first kappa shape index (κ1) is 11.6. The third-order valence-corrected chi connectivity index (χ3v) is 2.89. The zero-order valence-electron chi connectivity index (χ0n) is 9.72. The summed E-state index contributed by atoms with van der Waals surface area (Å²) in [5.74, 6) is 0.586. The van der Waals surface area contributed by atoms with Gasteiger partial charge in [-0.2, -0.15) is 0 Å². The van der Waals surface area contributed by atoms with E-state index < -0.39 is 0 Å². The molecule has 1 aromatic heterocycles. The second-order valence-electron chi connectivity index (χ2n) is 4.24. The maximum absolute atomic E-state index is 10.8. The Hall–Kier alpha value is -1.91. The number of nitro groups is 1. The van der Waals surface area contributed by atoms with Gasteiger partial charge in [0.05, 0.1) is 11.0 Å². The number of nitrogens with one attached hydrogen (secondary N) is 1. The number of aryl methyl sites for hydroxylation is 1. The fraction of sp³-hybridized carbons (Fsp3) is 0.417. The molecule has 1 heterocycles. The van der Waals surface area contributed by atoms with Crippen molar-refractivity contribution in [3.63, 3.8) is 0 Å². The van der Waals surface area contributed by atoms with Gasteiger partial charge in [0, 0.05) is 17.8 Å². The molecule has 1 unspecified atom stereocenters. The minimum absolute atomic E-state index is 0.119. The largest absolute Gasteiger partial charge is 0.367 e. The molecule has 0 aromatic carbocycles. The highest BCUT2D eigenvalue weighted by Crippen LogP contribution is 2.22. The zero-order chi connectivity index (χ0) is 12.3. The first-order valence-corrected chi connectivity index (χ1v) is 5.69. The quantitative estimate of drug-likeness (QED) is 0.495. The van der Waals surface area contributed by atoms with Crippen LogP contribution in [-0.4, -0.2) is 15.9 Å². The van der Waals surface area contributed by atoms with Crippen molar-refractivity contribution in [2.75, 3.05) is 5.32 Å². The van der Waals surface area contributed by atoms with E-state index in [2.05, 4.69) is 22.5 Å². The van der Waals surface area contributed by atoms with Crippen LogP contribution in [0.15, 0.2) is 24.4 Å². The summed E-state index contributed by atoms with van der Waals surface area (Å²) < 4.78 is 0. The summed E-state index contributed by atoms with van der Waals surface area (Å²) in [5, 5.41) is 14.0. The second-order valence-corrected chi connectivity index (χ2v) is 4.24. The van der Waals surface area contributed by atoms with Gasteiger partial charge in [-0.05, 0) is 26.2 Å². The molecule has 17 heavy (non-hydrogen) atoms. The Bertz CT molecular complexity index is 457. The summed E-state index contributed by atoms with van der Waals surface area (Å²) >= 11 is 0. The van der Waals surface area contributed by atoms with Gasteiger partial charge >= 0.3 is 0 Å². The van der Waals surface area contributed by atoms with Crippen LogP contribution in [0.5, 0.6) is 0 Å². The van der Waals surface area contributed by atoms with Gasteiger partial charge in [0.2, 0.25) is 0 Å². The van der Waals surface area contributed by atoms with Gasteiger partial charge in [0.25, 0.3) is 5.69 Å². The Kier molecular flexibility index (Phi) is 3.37. The standard InChI is InChI=1S/C12H15N3O2/c1-9-8-13-12(7-11(9)15(16)17)14-10-5-3-2-4-6-10/h2-3,7-8,10H,4-6H2,1H3,(H,13,14). The second kappa shape index (κ2) is 4.95. The topological polar surface area (TPSA) is 68.1 Å². The average Bonchev–Trinajstić information content (AvgIpc) is 2.32. The Balaban J connectivity index is 2.13. The van der Waals surface area contributed by atoms with Gasteiger partial charge < -0.3 is 5.32 Å². The predicted octanol–water partition coefficient (Wildman–Crippen LogP) is 2.82. The third kappa shape index (κ3) is 2.81. The molecule has 0 saturated heterocycles. The van der Waals surface area contributed by atoms with Crippen molar-refractivity contribution in [3.05, 3.63) is 40.1 Å². The fourth-order valence-corrected chi connectivity index (χ4v) is 1.92. The highest BCUT2D eigenvalue weighted by atomic mass is 16.6. The Labute approximate surface area is 99.7 Å². The molecule has 1 aliphatic rings. The first-order chi connectivity index (χ1) is 8.16. The lowest BCUT2D eigenvalue weighted by Crippen LogP contribution is -2.21. The van der Waals surface area contributed by atoms with Crippen LogP contribution in [0.25, 0.3) is 0 Å². The number of hydrogen-bond donors (Lipinski definition) is 1. The van der Waals surface area contributed by atoms with Crippen molar-refractivity contribution in [2.24, 2.45) is 0 Å². The molecule has 5 nitrogen and oxygen atoms in total. The molecule has 0 radical (unpaired) electrons. The van der Waals surface area contributed by atoms with Crippen LogP contribution in [0.3, 0.4) is 0 Å². The van der Waals surface area contributed by atoms with Crippen molar-refractivity contribution in [1.29, 1.82) is 0 Å². The summed E-state index contributed by atoms with van der Waals surface area (Å²) in [6.07, 6.45) is 8.86. The Morgan fingerprint density at radius 2 is 2.35 bits per heavy atom. The number of nitrogens with zero attached hydrogens (tertiary/aromatic N) is 2. The number of rotatable bonds is 3. The van der Waals surface area contributed by atoms with E-state index in [0.29, 0.717) is 17.4 Å². The molecule has 5 heteroatoms. The lowest BCUT2D eigenvalue weighted by molar-refractivity contribution is -0.385. The summed E-state index contributed by atoms with van der Waals surface area (Å²) in [7, 11) is 0. The Morgan fingerprint density at radius 1 is 1.53 bits per heavy atom. The summed E-state index contributed by atoms with van der Waals surface area (Å²) in [4.78, 5) is 14.6. The van der Waals surface area contributed by atoms with Crippen LogP contribution < -0.4 is 5.32 Å². The molecular formula is C12H15N3O2. The fourth-order valence-electron chi connectivity index (χ4n) is 1.92. The van der Waals surface area contributed by atoms with Gasteiger partial charge in [-0.3, -0.25) is 10.1 Å². The summed E-state index contributed by atoms with van der Waals surface area (Å²) in [5.41, 5.74) is 0.706. The van der Waals surface area contributed by atoms with Gasteiger partial charge in [0.15, 0.2) is 0 Å². The van der Waals surface area contributed by atoms with Gasteiger partial charge in [-0.1, -0.05) is 12.2 Å². The smallest absolute Gasteiger partial charge is 0.277 e. The SMILES string of the molecule is Cc1cnc(NC2CC=CCC2)cc1[N+](=O)[O-].